The molecule has 0 saturated carbocycles. The smallest absolute Gasteiger partial charge is 0.308 e. The van der Waals surface area contributed by atoms with Gasteiger partial charge in [0.05, 0.1) is 21.6 Å². The van der Waals surface area contributed by atoms with Crippen molar-refractivity contribution in [3.63, 3.8) is 0 Å². The lowest BCUT2D eigenvalue weighted by molar-refractivity contribution is -0.386. The number of para-hydroxylation sites is 3. The van der Waals surface area contributed by atoms with Crippen LogP contribution in [0.4, 0.5) is 5.69 Å². The molecule has 0 aliphatic carbocycles. The van der Waals surface area contributed by atoms with E-state index in [2.05, 4.69) is 16.0 Å². The van der Waals surface area contributed by atoms with Crippen LogP contribution in [0.5, 0.6) is 34.5 Å². The molecule has 3 N–H and O–H groups in total. The van der Waals surface area contributed by atoms with E-state index in [9.17, 15) is 53.3 Å². The number of esters is 6. The molecule has 0 aliphatic rings. The van der Waals surface area contributed by atoms with Gasteiger partial charge in [0.15, 0.2) is 34.5 Å². The van der Waals surface area contributed by atoms with Crippen LogP contribution in [0.1, 0.15) is 89.3 Å². The molecule has 4 aromatic rings. The van der Waals surface area contributed by atoms with Crippen LogP contribution >= 0.6 is 0 Å². The molecule has 0 fully saturated rings. The number of nitrogens with zero attached hydrogens (tertiary/aromatic N) is 1. The van der Waals surface area contributed by atoms with Gasteiger partial charge in [0.2, 0.25) is 0 Å². The van der Waals surface area contributed by atoms with Gasteiger partial charge in [-0.05, 0) is 54.1 Å². The van der Waals surface area contributed by atoms with Crippen LogP contribution in [-0.2, 0) is 48.4 Å². The molecule has 328 valence electrons. The first-order valence-corrected chi connectivity index (χ1v) is 18.4. The minimum absolute atomic E-state index is 0.163. The summed E-state index contributed by atoms with van der Waals surface area (Å²) >= 11 is 0. The highest BCUT2D eigenvalue weighted by Gasteiger charge is 2.27. The number of hydrogen-bond donors (Lipinski definition) is 3. The van der Waals surface area contributed by atoms with Crippen molar-refractivity contribution in [2.45, 2.75) is 61.2 Å². The first-order valence-electron chi connectivity index (χ1n) is 18.4. The third-order valence-electron chi connectivity index (χ3n) is 8.01. The molecule has 0 bridgehead atoms. The van der Waals surface area contributed by atoms with Crippen LogP contribution in [0.3, 0.4) is 0 Å². The zero-order valence-corrected chi connectivity index (χ0v) is 34.4. The number of carbonyl (C=O) groups excluding carboxylic acids is 9. The Morgan fingerprint density at radius 3 is 1.02 bits per heavy atom. The minimum Gasteiger partial charge on any atom is -0.423 e. The number of nitrogens with one attached hydrogen (secondary N) is 3. The van der Waals surface area contributed by atoms with Crippen LogP contribution < -0.4 is 44.4 Å². The third kappa shape index (κ3) is 13.0. The molecular formula is C42H38N4O17. The molecule has 0 atom stereocenters. The average Bonchev–Trinajstić information content (AvgIpc) is 3.18. The Hall–Kier alpha value is -8.49. The van der Waals surface area contributed by atoms with E-state index in [-0.39, 0.29) is 62.9 Å². The predicted octanol–water partition coefficient (Wildman–Crippen LogP) is 3.94. The van der Waals surface area contributed by atoms with Crippen molar-refractivity contribution in [1.29, 1.82) is 0 Å². The van der Waals surface area contributed by atoms with Crippen molar-refractivity contribution in [2.75, 3.05) is 0 Å². The molecule has 21 heteroatoms. The van der Waals surface area contributed by atoms with Crippen LogP contribution in [0, 0.1) is 10.1 Å². The molecule has 0 unspecified atom stereocenters. The third-order valence-corrected chi connectivity index (χ3v) is 8.01. The minimum atomic E-state index is -0.931. The Balaban J connectivity index is 1.77. The van der Waals surface area contributed by atoms with Gasteiger partial charge < -0.3 is 44.4 Å². The number of rotatable bonds is 16. The molecule has 0 radical (unpaired) electrons. The Labute approximate surface area is 357 Å². The fourth-order valence-electron chi connectivity index (χ4n) is 5.79. The highest BCUT2D eigenvalue weighted by Crippen LogP contribution is 2.35. The van der Waals surface area contributed by atoms with E-state index in [0.717, 1.165) is 41.5 Å². The lowest BCUT2D eigenvalue weighted by Gasteiger charge is -2.16. The second-order valence-electron chi connectivity index (χ2n) is 13.0. The maximum Gasteiger partial charge on any atom is 0.308 e. The zero-order valence-electron chi connectivity index (χ0n) is 34.4. The lowest BCUT2D eigenvalue weighted by Crippen LogP contribution is -2.27. The highest BCUT2D eigenvalue weighted by molar-refractivity contribution is 6.00. The zero-order chi connectivity index (χ0) is 46.5. The van der Waals surface area contributed by atoms with E-state index in [1.54, 1.807) is 0 Å². The summed E-state index contributed by atoms with van der Waals surface area (Å²) in [7, 11) is 0. The maximum atomic E-state index is 13.6. The molecule has 4 aromatic carbocycles. The summed E-state index contributed by atoms with van der Waals surface area (Å²) in [5.41, 5.74) is -1.57. The lowest BCUT2D eigenvalue weighted by atomic mass is 10.0. The van der Waals surface area contributed by atoms with E-state index < -0.39 is 88.7 Å². The van der Waals surface area contributed by atoms with Crippen LogP contribution in [0.25, 0.3) is 0 Å². The number of ether oxygens (including phenoxy) is 6. The first kappa shape index (κ1) is 47.2. The summed E-state index contributed by atoms with van der Waals surface area (Å²) in [4.78, 5) is 124. The summed E-state index contributed by atoms with van der Waals surface area (Å²) in [5, 5.41) is 20.3. The van der Waals surface area contributed by atoms with E-state index in [4.69, 9.17) is 28.4 Å². The number of nitro benzene ring substituents is 1. The standard InChI is InChI=1S/C42H38N4O17/c1-21(47)58-33-13-7-10-30(37(33)61-24(4)50)40(53)43-18-27-16-28(19-44-41(54)31-11-8-14-34(59-22(2)48)38(31)62-25(5)51)36(46(56)57)29(17-27)20-45-42(55)32-12-9-15-35(60-23(3)49)39(32)63-26(6)52/h7-17H,18-20H2,1-6H3,(H,43,53)(H,44,54)(H,45,55). The fourth-order valence-corrected chi connectivity index (χ4v) is 5.79. The molecule has 63 heavy (non-hydrogen) atoms. The Bertz CT molecular complexity index is 2430. The van der Waals surface area contributed by atoms with Crippen molar-refractivity contribution in [3.8, 4) is 34.5 Å². The summed E-state index contributed by atoms with van der Waals surface area (Å²) in [6, 6.07) is 14.1. The van der Waals surface area contributed by atoms with Gasteiger partial charge in [-0.25, -0.2) is 0 Å². The average molecular weight is 871 g/mol. The Morgan fingerprint density at radius 1 is 0.460 bits per heavy atom. The first-order chi connectivity index (χ1) is 29.7. The number of hydrogen-bond acceptors (Lipinski definition) is 17. The molecular weight excluding hydrogens is 832 g/mol. The van der Waals surface area contributed by atoms with Gasteiger partial charge in [-0.3, -0.25) is 53.3 Å². The van der Waals surface area contributed by atoms with Crippen LogP contribution in [0.15, 0.2) is 66.7 Å². The second kappa shape index (κ2) is 21.2. The Morgan fingerprint density at radius 2 is 0.746 bits per heavy atom. The Kier molecular flexibility index (Phi) is 15.8. The largest absolute Gasteiger partial charge is 0.423 e. The van der Waals surface area contributed by atoms with E-state index >= 15 is 0 Å². The molecule has 0 spiro atoms. The number of carbonyl (C=O) groups is 9. The molecule has 0 aliphatic heterocycles. The fraction of sp³-hybridized carbons (Fsp3) is 0.214. The van der Waals surface area contributed by atoms with Crippen LogP contribution in [0.2, 0.25) is 0 Å². The predicted molar refractivity (Wildman–Crippen MR) is 214 cm³/mol. The van der Waals surface area contributed by atoms with Gasteiger partial charge in [-0.2, -0.15) is 0 Å². The molecule has 3 amide bonds. The molecule has 21 nitrogen and oxygen atoms in total. The van der Waals surface area contributed by atoms with E-state index in [0.29, 0.717) is 0 Å². The SMILES string of the molecule is CC(=O)Oc1cccc(C(=O)NCc2cc(CNC(=O)c3cccc(OC(C)=O)c3OC(C)=O)c([N+](=O)[O-])c(CNC(=O)c3cccc(OC(C)=O)c3OC(C)=O)c2)c1OC(C)=O. The topological polar surface area (TPSA) is 288 Å². The van der Waals surface area contributed by atoms with Gasteiger partial charge in [-0.1, -0.05) is 18.2 Å². The molecule has 0 heterocycles. The monoisotopic (exact) mass is 870 g/mol. The van der Waals surface area contributed by atoms with Gasteiger partial charge in [-0.15, -0.1) is 0 Å². The number of benzene rings is 4. The number of nitro groups is 1. The summed E-state index contributed by atoms with van der Waals surface area (Å²) in [6.07, 6.45) is 0. The summed E-state index contributed by atoms with van der Waals surface area (Å²) in [5.74, 6) is -9.60. The van der Waals surface area contributed by atoms with Crippen LogP contribution in [-0.4, -0.2) is 58.5 Å². The van der Waals surface area contributed by atoms with Crippen molar-refractivity contribution in [1.82, 2.24) is 16.0 Å². The van der Waals surface area contributed by atoms with Gasteiger partial charge >= 0.3 is 35.8 Å². The molecule has 4 rings (SSSR count). The normalized spacial score (nSPS) is 10.3. The molecule has 0 saturated heterocycles. The maximum absolute atomic E-state index is 13.6. The van der Waals surface area contributed by atoms with Crippen molar-refractivity contribution in [3.05, 3.63) is 110 Å². The van der Waals surface area contributed by atoms with E-state index in [1.807, 2.05) is 0 Å². The van der Waals surface area contributed by atoms with Crippen molar-refractivity contribution >= 4 is 59.2 Å². The molecule has 0 aromatic heterocycles. The van der Waals surface area contributed by atoms with E-state index in [1.165, 1.54) is 66.7 Å². The van der Waals surface area contributed by atoms with Crippen molar-refractivity contribution < 1.29 is 76.5 Å². The van der Waals surface area contributed by atoms with Crippen molar-refractivity contribution in [2.24, 2.45) is 0 Å². The quantitative estimate of drug-likeness (QED) is 0.0622. The van der Waals surface area contributed by atoms with Gasteiger partial charge in [0, 0.05) is 72.3 Å². The highest BCUT2D eigenvalue weighted by atomic mass is 16.6. The number of amides is 3. The summed E-state index contributed by atoms with van der Waals surface area (Å²) in [6.45, 7) is 4.85. The van der Waals surface area contributed by atoms with Gasteiger partial charge in [0.25, 0.3) is 23.4 Å². The second-order valence-corrected chi connectivity index (χ2v) is 13.0. The summed E-state index contributed by atoms with van der Waals surface area (Å²) < 4.78 is 30.8. The van der Waals surface area contributed by atoms with Gasteiger partial charge in [0.1, 0.15) is 0 Å².